The third kappa shape index (κ3) is 4.73. The third-order valence-electron chi connectivity index (χ3n) is 4.50. The highest BCUT2D eigenvalue weighted by Crippen LogP contribution is 2.23. The molecular formula is C19H28N2O3. The van der Waals surface area contributed by atoms with Gasteiger partial charge < -0.3 is 15.4 Å². The number of benzene rings is 1. The fourth-order valence-corrected chi connectivity index (χ4v) is 2.80. The van der Waals surface area contributed by atoms with Crippen molar-refractivity contribution in [3.05, 3.63) is 24.3 Å². The van der Waals surface area contributed by atoms with Gasteiger partial charge in [0, 0.05) is 11.7 Å². The summed E-state index contributed by atoms with van der Waals surface area (Å²) in [5.74, 6) is 0.239. The molecule has 1 saturated carbocycles. The predicted molar refractivity (Wildman–Crippen MR) is 95.0 cm³/mol. The number of hydrogen-bond acceptors (Lipinski definition) is 3. The summed E-state index contributed by atoms with van der Waals surface area (Å²) in [5, 5.41) is 5.85. The molecule has 132 valence electrons. The number of hydrogen-bond donors (Lipinski definition) is 2. The second-order valence-corrected chi connectivity index (χ2v) is 6.84. The summed E-state index contributed by atoms with van der Waals surface area (Å²) in [6.45, 7) is 5.84. The number of amides is 2. The van der Waals surface area contributed by atoms with Gasteiger partial charge in [0.05, 0.1) is 6.61 Å². The molecule has 5 heteroatoms. The zero-order chi connectivity index (χ0) is 17.6. The maximum atomic E-state index is 12.5. The van der Waals surface area contributed by atoms with Gasteiger partial charge in [-0.2, -0.15) is 0 Å². The van der Waals surface area contributed by atoms with Gasteiger partial charge in [0.1, 0.15) is 11.2 Å². The van der Waals surface area contributed by atoms with Crippen molar-refractivity contribution in [3.8, 4) is 5.75 Å². The molecule has 1 aromatic carbocycles. The van der Waals surface area contributed by atoms with Gasteiger partial charge in [0.15, 0.2) is 0 Å². The van der Waals surface area contributed by atoms with Crippen molar-refractivity contribution in [1.82, 2.24) is 5.32 Å². The summed E-state index contributed by atoms with van der Waals surface area (Å²) < 4.78 is 5.38. The first-order valence-electron chi connectivity index (χ1n) is 8.78. The molecule has 0 unspecified atom stereocenters. The van der Waals surface area contributed by atoms with Crippen LogP contribution in [0.2, 0.25) is 0 Å². The highest BCUT2D eigenvalue weighted by molar-refractivity contribution is 6.09. The van der Waals surface area contributed by atoms with E-state index in [2.05, 4.69) is 10.6 Å². The largest absolute Gasteiger partial charge is 0.494 e. The number of carbonyl (C=O) groups is 2. The first kappa shape index (κ1) is 18.3. The first-order valence-corrected chi connectivity index (χ1v) is 8.78. The van der Waals surface area contributed by atoms with Crippen molar-refractivity contribution in [2.24, 2.45) is 5.41 Å². The minimum atomic E-state index is -1.12. The van der Waals surface area contributed by atoms with Crippen LogP contribution in [-0.4, -0.2) is 24.5 Å². The summed E-state index contributed by atoms with van der Waals surface area (Å²) >= 11 is 0. The second kappa shape index (κ2) is 8.18. The van der Waals surface area contributed by atoms with Crippen LogP contribution in [0.5, 0.6) is 5.75 Å². The molecule has 1 aliphatic rings. The Morgan fingerprint density at radius 2 is 1.71 bits per heavy atom. The third-order valence-corrected chi connectivity index (χ3v) is 4.50. The summed E-state index contributed by atoms with van der Waals surface area (Å²) in [6, 6.07) is 7.35. The zero-order valence-electron chi connectivity index (χ0n) is 14.9. The summed E-state index contributed by atoms with van der Waals surface area (Å²) in [7, 11) is 0. The molecule has 0 heterocycles. The van der Waals surface area contributed by atoms with E-state index in [1.165, 1.54) is 6.42 Å². The Bertz CT molecular complexity index is 560. The lowest BCUT2D eigenvalue weighted by Gasteiger charge is -2.28. The number of ether oxygens (including phenoxy) is 1. The van der Waals surface area contributed by atoms with Crippen LogP contribution in [0.15, 0.2) is 24.3 Å². The maximum Gasteiger partial charge on any atom is 0.239 e. The van der Waals surface area contributed by atoms with Crippen molar-refractivity contribution in [2.45, 2.75) is 58.9 Å². The van der Waals surface area contributed by atoms with Gasteiger partial charge in [0.25, 0.3) is 0 Å². The molecule has 0 saturated heterocycles. The molecule has 24 heavy (non-hydrogen) atoms. The quantitative estimate of drug-likeness (QED) is 0.784. The van der Waals surface area contributed by atoms with E-state index in [0.29, 0.717) is 12.3 Å². The van der Waals surface area contributed by atoms with E-state index in [9.17, 15) is 9.59 Å². The van der Waals surface area contributed by atoms with E-state index in [1.54, 1.807) is 38.1 Å². The van der Waals surface area contributed by atoms with Gasteiger partial charge in [-0.25, -0.2) is 0 Å². The van der Waals surface area contributed by atoms with Gasteiger partial charge in [-0.1, -0.05) is 19.3 Å². The van der Waals surface area contributed by atoms with Crippen molar-refractivity contribution < 1.29 is 14.3 Å². The molecule has 2 amide bonds. The Morgan fingerprint density at radius 1 is 1.08 bits per heavy atom. The van der Waals surface area contributed by atoms with E-state index in [4.69, 9.17) is 4.74 Å². The fraction of sp³-hybridized carbons (Fsp3) is 0.579. The van der Waals surface area contributed by atoms with Crippen LogP contribution >= 0.6 is 0 Å². The van der Waals surface area contributed by atoms with Gasteiger partial charge >= 0.3 is 0 Å². The van der Waals surface area contributed by atoms with Crippen LogP contribution in [-0.2, 0) is 9.59 Å². The average Bonchev–Trinajstić information content (AvgIpc) is 2.57. The SMILES string of the molecule is CCOc1ccc(NC(=O)C(C)(C)C(=O)NC2CCCCC2)cc1. The van der Waals surface area contributed by atoms with Gasteiger partial charge in [-0.3, -0.25) is 9.59 Å². The molecule has 2 rings (SSSR count). The lowest BCUT2D eigenvalue weighted by Crippen LogP contribution is -2.49. The van der Waals surface area contributed by atoms with Gasteiger partial charge in [-0.15, -0.1) is 0 Å². The van der Waals surface area contributed by atoms with Gasteiger partial charge in [-0.05, 0) is 57.9 Å². The number of rotatable bonds is 6. The maximum absolute atomic E-state index is 12.5. The topological polar surface area (TPSA) is 67.4 Å². The summed E-state index contributed by atoms with van der Waals surface area (Å²) in [4.78, 5) is 25.0. The van der Waals surface area contributed by atoms with Crippen LogP contribution in [0.25, 0.3) is 0 Å². The van der Waals surface area contributed by atoms with Crippen LogP contribution in [0, 0.1) is 5.41 Å². The van der Waals surface area contributed by atoms with E-state index in [1.807, 2.05) is 6.92 Å². The molecule has 5 nitrogen and oxygen atoms in total. The van der Waals surface area contributed by atoms with Crippen molar-refractivity contribution in [3.63, 3.8) is 0 Å². The van der Waals surface area contributed by atoms with Crippen molar-refractivity contribution >= 4 is 17.5 Å². The number of anilines is 1. The van der Waals surface area contributed by atoms with Crippen LogP contribution in [0.1, 0.15) is 52.9 Å². The molecule has 2 N–H and O–H groups in total. The number of carbonyl (C=O) groups excluding carboxylic acids is 2. The lowest BCUT2D eigenvalue weighted by atomic mass is 9.88. The fourth-order valence-electron chi connectivity index (χ4n) is 2.80. The van der Waals surface area contributed by atoms with Crippen LogP contribution in [0.4, 0.5) is 5.69 Å². The predicted octanol–water partition coefficient (Wildman–Crippen LogP) is 3.50. The highest BCUT2D eigenvalue weighted by Gasteiger charge is 2.37. The molecule has 1 aliphatic carbocycles. The lowest BCUT2D eigenvalue weighted by molar-refractivity contribution is -0.139. The zero-order valence-corrected chi connectivity index (χ0v) is 14.9. The van der Waals surface area contributed by atoms with Gasteiger partial charge in [0.2, 0.25) is 11.8 Å². The molecule has 1 aromatic rings. The molecule has 0 aromatic heterocycles. The van der Waals surface area contributed by atoms with Crippen molar-refractivity contribution in [1.29, 1.82) is 0 Å². The Balaban J connectivity index is 1.94. The minimum absolute atomic E-state index is 0.198. The summed E-state index contributed by atoms with van der Waals surface area (Å²) in [6.07, 6.45) is 5.52. The second-order valence-electron chi connectivity index (χ2n) is 6.84. The van der Waals surface area contributed by atoms with E-state index in [-0.39, 0.29) is 17.9 Å². The average molecular weight is 332 g/mol. The Labute approximate surface area is 144 Å². The Morgan fingerprint density at radius 3 is 2.29 bits per heavy atom. The monoisotopic (exact) mass is 332 g/mol. The normalized spacial score (nSPS) is 15.6. The Kier molecular flexibility index (Phi) is 6.23. The summed E-state index contributed by atoms with van der Waals surface area (Å²) in [5.41, 5.74) is -0.460. The van der Waals surface area contributed by atoms with E-state index in [0.717, 1.165) is 31.4 Å². The van der Waals surface area contributed by atoms with Crippen LogP contribution < -0.4 is 15.4 Å². The van der Waals surface area contributed by atoms with Crippen LogP contribution in [0.3, 0.4) is 0 Å². The number of nitrogens with one attached hydrogen (secondary N) is 2. The molecule has 0 spiro atoms. The van der Waals surface area contributed by atoms with Crippen molar-refractivity contribution in [2.75, 3.05) is 11.9 Å². The Hall–Kier alpha value is -2.04. The molecule has 0 aliphatic heterocycles. The highest BCUT2D eigenvalue weighted by atomic mass is 16.5. The molecule has 0 bridgehead atoms. The first-order chi connectivity index (χ1) is 11.4. The molecular weight excluding hydrogens is 304 g/mol. The molecule has 0 atom stereocenters. The standard InChI is InChI=1S/C19H28N2O3/c1-4-24-16-12-10-15(11-13-16)21-18(23)19(2,3)17(22)20-14-8-6-5-7-9-14/h10-14H,4-9H2,1-3H3,(H,20,22)(H,21,23). The van der Waals surface area contributed by atoms with E-state index < -0.39 is 5.41 Å². The molecule has 1 fully saturated rings. The smallest absolute Gasteiger partial charge is 0.239 e. The molecule has 0 radical (unpaired) electrons. The minimum Gasteiger partial charge on any atom is -0.494 e. The van der Waals surface area contributed by atoms with E-state index >= 15 is 0 Å².